The number of nitrogens with two attached hydrogens (primary N) is 2. The largest absolute Gasteiger partial charge is 0.405 e. The summed E-state index contributed by atoms with van der Waals surface area (Å²) < 4.78 is 22.9. The van der Waals surface area contributed by atoms with Gasteiger partial charge in [-0.25, -0.2) is 19.9 Å². The van der Waals surface area contributed by atoms with Gasteiger partial charge in [0.05, 0.1) is 47.3 Å². The van der Waals surface area contributed by atoms with Crippen LogP contribution in [0.2, 0.25) is 5.04 Å². The maximum atomic E-state index is 11.1. The zero-order chi connectivity index (χ0) is 43.3. The van der Waals surface area contributed by atoms with E-state index in [1.165, 1.54) is 23.0 Å². The molecule has 2 fully saturated rings. The minimum absolute atomic E-state index is 0.170. The molecule has 2 aliphatic heterocycles. The van der Waals surface area contributed by atoms with E-state index in [1.807, 2.05) is 42.9 Å². The number of aromatic nitrogens is 6. The van der Waals surface area contributed by atoms with E-state index in [0.29, 0.717) is 46.5 Å². The molecule has 6 aromatic rings. The SMILES string of the molecule is CCC#Cc1cn(C2CC(O)C(CO)O2)c2ncnc(N)c12.CCC#Cc1cn(C2CC(O)C(CO[Si](c3ccccc3)(c3ccccc3)C(C)(C)C)O2)c2ncnc(N)c12. The van der Waals surface area contributed by atoms with Crippen molar-refractivity contribution in [3.8, 4) is 23.7 Å². The van der Waals surface area contributed by atoms with Crippen LogP contribution >= 0.6 is 0 Å². The van der Waals surface area contributed by atoms with Crippen LogP contribution < -0.4 is 21.8 Å². The number of hydrogen-bond donors (Lipinski definition) is 5. The summed E-state index contributed by atoms with van der Waals surface area (Å²) in [7, 11) is -2.76. The fourth-order valence-electron chi connectivity index (χ4n) is 8.27. The number of ether oxygens (including phenoxy) is 2. The molecule has 6 atom stereocenters. The average Bonchev–Trinajstić information content (AvgIpc) is 4.03. The third-order valence-electron chi connectivity index (χ3n) is 11.2. The number of benzene rings is 2. The molecular weight excluding hydrogens is 789 g/mol. The molecule has 8 rings (SSSR count). The molecule has 0 radical (unpaired) electrons. The Kier molecular flexibility index (Phi) is 13.2. The Hall–Kier alpha value is -5.62. The van der Waals surface area contributed by atoms with Crippen molar-refractivity contribution in [2.24, 2.45) is 0 Å². The summed E-state index contributed by atoms with van der Waals surface area (Å²) in [5.41, 5.74) is 14.9. The number of hydrogen-bond acceptors (Lipinski definition) is 12. The second-order valence-electron chi connectivity index (χ2n) is 16.1. The molecule has 2 saturated heterocycles. The van der Waals surface area contributed by atoms with Crippen LogP contribution in [0.15, 0.2) is 85.7 Å². The van der Waals surface area contributed by atoms with Gasteiger partial charge in [0, 0.05) is 38.1 Å². The maximum Gasteiger partial charge on any atom is 0.261 e. The van der Waals surface area contributed by atoms with E-state index < -0.39 is 45.2 Å². The highest BCUT2D eigenvalue weighted by atomic mass is 28.4. The fraction of sp³-hybridized carbons (Fsp3) is 0.391. The summed E-state index contributed by atoms with van der Waals surface area (Å²) in [5.74, 6) is 13.1. The van der Waals surface area contributed by atoms with Crippen molar-refractivity contribution in [1.82, 2.24) is 29.1 Å². The van der Waals surface area contributed by atoms with Crippen LogP contribution in [-0.2, 0) is 13.9 Å². The molecule has 4 aromatic heterocycles. The van der Waals surface area contributed by atoms with Crippen LogP contribution in [0.25, 0.3) is 22.1 Å². The molecule has 2 aliphatic rings. The molecule has 14 nitrogen and oxygen atoms in total. The van der Waals surface area contributed by atoms with Gasteiger partial charge >= 0.3 is 0 Å². The van der Waals surface area contributed by atoms with Gasteiger partial charge < -0.3 is 49.8 Å². The van der Waals surface area contributed by atoms with Crippen molar-refractivity contribution in [3.63, 3.8) is 0 Å². The predicted molar refractivity (Wildman–Crippen MR) is 238 cm³/mol. The smallest absolute Gasteiger partial charge is 0.261 e. The quantitative estimate of drug-likeness (QED) is 0.107. The first kappa shape index (κ1) is 43.5. The first-order valence-corrected chi connectivity index (χ1v) is 22.5. The Morgan fingerprint density at radius 1 is 0.721 bits per heavy atom. The summed E-state index contributed by atoms with van der Waals surface area (Å²) in [5, 5.41) is 33.9. The van der Waals surface area contributed by atoms with Gasteiger partial charge in [0.15, 0.2) is 0 Å². The van der Waals surface area contributed by atoms with Crippen molar-refractivity contribution in [2.75, 3.05) is 24.7 Å². The van der Waals surface area contributed by atoms with Crippen molar-refractivity contribution >= 4 is 52.4 Å². The normalized spacial score (nSPS) is 21.4. The van der Waals surface area contributed by atoms with Gasteiger partial charge in [-0.05, 0) is 15.4 Å². The summed E-state index contributed by atoms with van der Waals surface area (Å²) in [6.07, 6.45) is 5.44. The number of aliphatic hydroxyl groups is 3. The summed E-state index contributed by atoms with van der Waals surface area (Å²) in [6, 6.07) is 21.0. The highest BCUT2D eigenvalue weighted by Crippen LogP contribution is 2.39. The van der Waals surface area contributed by atoms with Gasteiger partial charge in [0.2, 0.25) is 0 Å². The molecule has 15 heteroatoms. The Bertz CT molecular complexity index is 2530. The molecular formula is C46H54N8O6Si. The van der Waals surface area contributed by atoms with Crippen LogP contribution in [0.3, 0.4) is 0 Å². The van der Waals surface area contributed by atoms with E-state index in [0.717, 1.165) is 24.0 Å². The lowest BCUT2D eigenvalue weighted by Crippen LogP contribution is -2.67. The van der Waals surface area contributed by atoms with Crippen LogP contribution in [0.5, 0.6) is 0 Å². The Labute approximate surface area is 357 Å². The lowest BCUT2D eigenvalue weighted by Gasteiger charge is -2.43. The van der Waals surface area contributed by atoms with E-state index in [9.17, 15) is 15.3 Å². The van der Waals surface area contributed by atoms with E-state index in [4.69, 9.17) is 25.4 Å². The van der Waals surface area contributed by atoms with E-state index in [1.54, 1.807) is 4.57 Å². The molecule has 0 amide bonds. The van der Waals surface area contributed by atoms with Crippen LogP contribution in [0.4, 0.5) is 11.6 Å². The summed E-state index contributed by atoms with van der Waals surface area (Å²) in [6.45, 7) is 10.7. The third kappa shape index (κ3) is 8.64. The molecule has 318 valence electrons. The van der Waals surface area contributed by atoms with Gasteiger partial charge in [-0.15, -0.1) is 0 Å². The Balaban J connectivity index is 0.000000215. The second-order valence-corrected chi connectivity index (χ2v) is 20.5. The van der Waals surface area contributed by atoms with Gasteiger partial charge in [-0.3, -0.25) is 0 Å². The van der Waals surface area contributed by atoms with Gasteiger partial charge in [0.25, 0.3) is 8.32 Å². The van der Waals surface area contributed by atoms with Gasteiger partial charge in [0.1, 0.15) is 60.2 Å². The van der Waals surface area contributed by atoms with Gasteiger partial charge in [-0.2, -0.15) is 0 Å². The molecule has 0 aliphatic carbocycles. The zero-order valence-corrected chi connectivity index (χ0v) is 36.2. The number of nitrogens with zero attached hydrogens (tertiary/aromatic N) is 6. The molecule has 2 aromatic carbocycles. The minimum atomic E-state index is -2.76. The summed E-state index contributed by atoms with van der Waals surface area (Å²) >= 11 is 0. The minimum Gasteiger partial charge on any atom is -0.405 e. The van der Waals surface area contributed by atoms with Gasteiger partial charge in [-0.1, -0.05) is 119 Å². The summed E-state index contributed by atoms with van der Waals surface area (Å²) in [4.78, 5) is 16.9. The highest BCUT2D eigenvalue weighted by Gasteiger charge is 2.51. The van der Waals surface area contributed by atoms with Crippen LogP contribution in [0.1, 0.15) is 83.9 Å². The van der Waals surface area contributed by atoms with Crippen molar-refractivity contribution in [1.29, 1.82) is 0 Å². The first-order valence-electron chi connectivity index (χ1n) is 20.6. The predicted octanol–water partition coefficient (Wildman–Crippen LogP) is 4.42. The Morgan fingerprint density at radius 2 is 1.16 bits per heavy atom. The number of anilines is 2. The van der Waals surface area contributed by atoms with Crippen LogP contribution in [-0.4, -0.2) is 90.3 Å². The average molecular weight is 843 g/mol. The topological polar surface area (TPSA) is 202 Å². The van der Waals surface area contributed by atoms with E-state index in [-0.39, 0.29) is 18.3 Å². The number of rotatable bonds is 8. The lowest BCUT2D eigenvalue weighted by molar-refractivity contribution is -0.0430. The van der Waals surface area contributed by atoms with E-state index in [2.05, 4.69) is 113 Å². The van der Waals surface area contributed by atoms with Crippen molar-refractivity contribution in [3.05, 3.63) is 96.8 Å². The number of aliphatic hydroxyl groups excluding tert-OH is 3. The molecule has 0 saturated carbocycles. The van der Waals surface area contributed by atoms with Crippen molar-refractivity contribution in [2.45, 2.75) is 102 Å². The Morgan fingerprint density at radius 3 is 1.57 bits per heavy atom. The van der Waals surface area contributed by atoms with Crippen LogP contribution in [0, 0.1) is 23.7 Å². The van der Waals surface area contributed by atoms with Crippen molar-refractivity contribution < 1.29 is 29.2 Å². The number of nitrogen functional groups attached to an aromatic ring is 2. The molecule has 0 spiro atoms. The molecule has 6 unspecified atom stereocenters. The lowest BCUT2D eigenvalue weighted by atomic mass is 10.2. The maximum absolute atomic E-state index is 11.1. The standard InChI is InChI=1S/C31H36N4O3Si.C15H18N4O3/c1-5-6-13-22-19-35(30-28(22)29(32)33-21-34-30)27-18-25(36)26(38-27)20-37-39(31(2,3)4,23-14-9-7-10-15-23)24-16-11-8-12-17-24;1-2-3-4-9-6-19(12-5-10(21)11(7-20)22-12)15-13(9)14(16)17-8-18-15/h7-12,14-17,19,21,25-27,36H,5,18,20H2,1-4H3,(H2,32,33,34);6,8,10-12,20-21H,2,5,7H2,1H3,(H2,16,17,18). The number of fused-ring (bicyclic) bond motifs is 2. The highest BCUT2D eigenvalue weighted by molar-refractivity contribution is 6.99. The first-order chi connectivity index (χ1) is 29.4. The zero-order valence-electron chi connectivity index (χ0n) is 35.2. The molecule has 7 N–H and O–H groups in total. The third-order valence-corrected chi connectivity index (χ3v) is 16.2. The van der Waals surface area contributed by atoms with E-state index >= 15 is 0 Å². The molecule has 6 heterocycles. The second kappa shape index (κ2) is 18.6. The molecule has 0 bridgehead atoms. The fourth-order valence-corrected chi connectivity index (χ4v) is 12.8. The monoisotopic (exact) mass is 842 g/mol. The molecule has 61 heavy (non-hydrogen) atoms.